The van der Waals surface area contributed by atoms with E-state index in [0.717, 1.165) is 0 Å². The molecule has 100 valence electrons. The Labute approximate surface area is 112 Å². The number of rotatable bonds is 6. The molecule has 0 radical (unpaired) electrons. The molecule has 0 spiro atoms. The van der Waals surface area contributed by atoms with Crippen LogP contribution in [0.5, 0.6) is 0 Å². The van der Waals surface area contributed by atoms with Gasteiger partial charge >= 0.3 is 5.97 Å². The Morgan fingerprint density at radius 1 is 1.33 bits per heavy atom. The molecule has 0 aliphatic heterocycles. The Balaban J connectivity index is 2.55. The van der Waals surface area contributed by atoms with E-state index in [1.165, 1.54) is 7.11 Å². The molecule has 0 bridgehead atoms. The van der Waals surface area contributed by atoms with Crippen LogP contribution >= 0.6 is 11.6 Å². The molecule has 0 aromatic heterocycles. The minimum atomic E-state index is -3.25. The summed E-state index contributed by atoms with van der Waals surface area (Å²) in [7, 11) is -1.97. The average Bonchev–Trinajstić information content (AvgIpc) is 2.31. The van der Waals surface area contributed by atoms with Crippen molar-refractivity contribution in [2.24, 2.45) is 0 Å². The molecule has 0 unspecified atom stereocenters. The van der Waals surface area contributed by atoms with Gasteiger partial charge in [-0.1, -0.05) is 29.8 Å². The van der Waals surface area contributed by atoms with Crippen molar-refractivity contribution in [2.45, 2.75) is 18.6 Å². The van der Waals surface area contributed by atoms with E-state index in [0.29, 0.717) is 10.6 Å². The molecule has 0 fully saturated rings. The van der Waals surface area contributed by atoms with Crippen LogP contribution in [0, 0.1) is 0 Å². The zero-order valence-corrected chi connectivity index (χ0v) is 11.6. The van der Waals surface area contributed by atoms with Crippen molar-refractivity contribution in [3.05, 3.63) is 34.9 Å². The highest BCUT2D eigenvalue weighted by molar-refractivity contribution is 7.90. The average molecular weight is 291 g/mol. The first-order chi connectivity index (χ1) is 8.44. The first-order valence-electron chi connectivity index (χ1n) is 5.45. The fourth-order valence-corrected chi connectivity index (χ4v) is 3.20. The lowest BCUT2D eigenvalue weighted by atomic mass is 10.2. The Bertz CT molecular complexity index is 511. The van der Waals surface area contributed by atoms with Gasteiger partial charge in [0.1, 0.15) is 0 Å². The summed E-state index contributed by atoms with van der Waals surface area (Å²) in [6.07, 6.45) is 0.373. The van der Waals surface area contributed by atoms with Gasteiger partial charge in [0.25, 0.3) is 0 Å². The normalized spacial score (nSPS) is 11.2. The smallest absolute Gasteiger partial charge is 0.305 e. The Morgan fingerprint density at radius 3 is 2.61 bits per heavy atom. The highest BCUT2D eigenvalue weighted by Crippen LogP contribution is 2.18. The van der Waals surface area contributed by atoms with Gasteiger partial charge in [-0.05, 0) is 18.1 Å². The van der Waals surface area contributed by atoms with Crippen LogP contribution in [0.2, 0.25) is 5.02 Å². The summed E-state index contributed by atoms with van der Waals surface area (Å²) in [5.41, 5.74) is 0.581. The lowest BCUT2D eigenvalue weighted by molar-refractivity contribution is -0.140. The fraction of sp³-hybridized carbons (Fsp3) is 0.417. The molecule has 1 aromatic rings. The molecule has 4 nitrogen and oxygen atoms in total. The van der Waals surface area contributed by atoms with E-state index >= 15 is 0 Å². The predicted molar refractivity (Wildman–Crippen MR) is 70.2 cm³/mol. The molecular weight excluding hydrogens is 276 g/mol. The molecule has 0 N–H and O–H groups in total. The molecule has 0 aliphatic rings. The number of methoxy groups -OCH3 is 1. The summed E-state index contributed by atoms with van der Waals surface area (Å²) in [4.78, 5) is 10.9. The second-order valence-electron chi connectivity index (χ2n) is 3.86. The van der Waals surface area contributed by atoms with Gasteiger partial charge in [0.15, 0.2) is 9.84 Å². The zero-order valence-electron chi connectivity index (χ0n) is 10.1. The van der Waals surface area contributed by atoms with Crippen LogP contribution < -0.4 is 0 Å². The summed E-state index contributed by atoms with van der Waals surface area (Å²) < 4.78 is 28.1. The van der Waals surface area contributed by atoms with Crippen LogP contribution in [-0.4, -0.2) is 27.2 Å². The molecule has 0 amide bonds. The Morgan fingerprint density at radius 2 is 2.00 bits per heavy atom. The molecule has 6 heteroatoms. The molecule has 0 atom stereocenters. The quantitative estimate of drug-likeness (QED) is 0.754. The third-order valence-corrected chi connectivity index (χ3v) is 4.43. The van der Waals surface area contributed by atoms with Crippen molar-refractivity contribution >= 4 is 27.4 Å². The van der Waals surface area contributed by atoms with Gasteiger partial charge < -0.3 is 4.74 Å². The molecule has 0 saturated heterocycles. The third kappa shape index (κ3) is 5.06. The monoisotopic (exact) mass is 290 g/mol. The number of benzene rings is 1. The molecule has 18 heavy (non-hydrogen) atoms. The highest BCUT2D eigenvalue weighted by Gasteiger charge is 2.14. The van der Waals surface area contributed by atoms with E-state index in [-0.39, 0.29) is 24.3 Å². The number of hydrogen-bond acceptors (Lipinski definition) is 4. The second-order valence-corrected chi connectivity index (χ2v) is 6.45. The van der Waals surface area contributed by atoms with Crippen LogP contribution in [0.3, 0.4) is 0 Å². The lowest BCUT2D eigenvalue weighted by Gasteiger charge is -2.05. The number of carbonyl (C=O) groups is 1. The maximum atomic E-state index is 11.8. The number of ether oxygens (including phenoxy) is 1. The van der Waals surface area contributed by atoms with Crippen LogP contribution in [0.4, 0.5) is 0 Å². The lowest BCUT2D eigenvalue weighted by Crippen LogP contribution is -2.11. The SMILES string of the molecule is COC(=O)CCCS(=O)(=O)Cc1ccccc1Cl. The van der Waals surface area contributed by atoms with Crippen LogP contribution in [0.15, 0.2) is 24.3 Å². The van der Waals surface area contributed by atoms with Gasteiger partial charge in [-0.15, -0.1) is 0 Å². The van der Waals surface area contributed by atoms with Crippen molar-refractivity contribution in [1.82, 2.24) is 0 Å². The van der Waals surface area contributed by atoms with Gasteiger partial charge in [0, 0.05) is 11.4 Å². The van der Waals surface area contributed by atoms with Crippen LogP contribution in [-0.2, 0) is 25.1 Å². The molecule has 0 heterocycles. The summed E-state index contributed by atoms with van der Waals surface area (Å²) in [5.74, 6) is -0.552. The Hall–Kier alpha value is -1.07. The van der Waals surface area contributed by atoms with Gasteiger partial charge in [0.05, 0.1) is 18.6 Å². The largest absolute Gasteiger partial charge is 0.469 e. The number of halogens is 1. The van der Waals surface area contributed by atoms with Gasteiger partial charge in [-0.25, -0.2) is 8.42 Å². The minimum Gasteiger partial charge on any atom is -0.469 e. The summed E-state index contributed by atoms with van der Waals surface area (Å²) in [5, 5.41) is 0.439. The van der Waals surface area contributed by atoms with Crippen LogP contribution in [0.25, 0.3) is 0 Å². The maximum absolute atomic E-state index is 11.8. The first kappa shape index (κ1) is 15.0. The predicted octanol–water partition coefficient (Wildman–Crippen LogP) is 2.21. The highest BCUT2D eigenvalue weighted by atomic mass is 35.5. The van der Waals surface area contributed by atoms with E-state index in [2.05, 4.69) is 4.74 Å². The third-order valence-electron chi connectivity index (χ3n) is 2.40. The van der Waals surface area contributed by atoms with Gasteiger partial charge in [0.2, 0.25) is 0 Å². The molecule has 0 saturated carbocycles. The van der Waals surface area contributed by atoms with E-state index in [1.807, 2.05) is 0 Å². The van der Waals surface area contributed by atoms with Gasteiger partial charge in [-0.3, -0.25) is 4.79 Å². The van der Waals surface area contributed by atoms with Crippen LogP contribution in [0.1, 0.15) is 18.4 Å². The van der Waals surface area contributed by atoms with E-state index < -0.39 is 15.8 Å². The van der Waals surface area contributed by atoms with Crippen molar-refractivity contribution in [1.29, 1.82) is 0 Å². The van der Waals surface area contributed by atoms with Crippen molar-refractivity contribution < 1.29 is 17.9 Å². The first-order valence-corrected chi connectivity index (χ1v) is 7.65. The summed E-state index contributed by atoms with van der Waals surface area (Å²) in [6, 6.07) is 6.82. The summed E-state index contributed by atoms with van der Waals surface area (Å²) in [6.45, 7) is 0. The number of hydrogen-bond donors (Lipinski definition) is 0. The second kappa shape index (κ2) is 6.75. The topological polar surface area (TPSA) is 60.4 Å². The zero-order chi connectivity index (χ0) is 13.6. The Kier molecular flexibility index (Phi) is 5.62. The van der Waals surface area contributed by atoms with E-state index in [9.17, 15) is 13.2 Å². The number of esters is 1. The molecule has 0 aliphatic carbocycles. The molecule has 1 rings (SSSR count). The standard InChI is InChI=1S/C12H15ClO4S/c1-17-12(14)7-4-8-18(15,16)9-10-5-2-3-6-11(10)13/h2-3,5-6H,4,7-9H2,1H3. The summed E-state index contributed by atoms with van der Waals surface area (Å²) >= 11 is 5.90. The maximum Gasteiger partial charge on any atom is 0.305 e. The van der Waals surface area contributed by atoms with Crippen molar-refractivity contribution in [2.75, 3.05) is 12.9 Å². The van der Waals surface area contributed by atoms with Crippen molar-refractivity contribution in [3.63, 3.8) is 0 Å². The number of carbonyl (C=O) groups excluding carboxylic acids is 1. The number of sulfone groups is 1. The van der Waals surface area contributed by atoms with Gasteiger partial charge in [-0.2, -0.15) is 0 Å². The minimum absolute atomic E-state index is 0.0483. The van der Waals surface area contributed by atoms with E-state index in [4.69, 9.17) is 11.6 Å². The van der Waals surface area contributed by atoms with E-state index in [1.54, 1.807) is 24.3 Å². The van der Waals surface area contributed by atoms with Crippen molar-refractivity contribution in [3.8, 4) is 0 Å². The fourth-order valence-electron chi connectivity index (χ4n) is 1.46. The molecule has 1 aromatic carbocycles. The molecular formula is C12H15ClO4S.